The highest BCUT2D eigenvalue weighted by Gasteiger charge is 2.08. The van der Waals surface area contributed by atoms with E-state index in [9.17, 15) is 5.11 Å². The van der Waals surface area contributed by atoms with Crippen LogP contribution < -0.4 is 0 Å². The third-order valence-electron chi connectivity index (χ3n) is 2.37. The summed E-state index contributed by atoms with van der Waals surface area (Å²) in [5.41, 5.74) is 1.21. The van der Waals surface area contributed by atoms with E-state index in [0.717, 1.165) is 23.1 Å². The van der Waals surface area contributed by atoms with Gasteiger partial charge in [-0.15, -0.1) is 11.3 Å². The highest BCUT2D eigenvalue weighted by atomic mass is 32.1. The van der Waals surface area contributed by atoms with E-state index < -0.39 is 0 Å². The third-order valence-corrected chi connectivity index (χ3v) is 3.33. The summed E-state index contributed by atoms with van der Waals surface area (Å²) in [5.74, 6) is 0.294. The van der Waals surface area contributed by atoms with Gasteiger partial charge in [0.15, 0.2) is 0 Å². The summed E-state index contributed by atoms with van der Waals surface area (Å²) in [7, 11) is 4.10. The fraction of sp³-hybridized carbons (Fsp3) is 0.364. The monoisotopic (exact) mass is 222 g/mol. The average Bonchev–Trinajstić information content (AvgIpc) is 2.59. The predicted octanol–water partition coefficient (Wildman–Crippen LogP) is 2.11. The molecule has 0 saturated heterocycles. The van der Waals surface area contributed by atoms with Crippen LogP contribution in [-0.2, 0) is 6.42 Å². The van der Waals surface area contributed by atoms with Gasteiger partial charge in [0.05, 0.1) is 10.9 Å². The van der Waals surface area contributed by atoms with Crippen LogP contribution in [0.3, 0.4) is 0 Å². The zero-order valence-corrected chi connectivity index (χ0v) is 9.71. The largest absolute Gasteiger partial charge is 0.506 e. The normalized spacial score (nSPS) is 11.4. The molecule has 2 aromatic rings. The summed E-state index contributed by atoms with van der Waals surface area (Å²) < 4.78 is 1.06. The van der Waals surface area contributed by atoms with Crippen molar-refractivity contribution in [3.05, 3.63) is 23.3 Å². The number of hydrogen-bond acceptors (Lipinski definition) is 4. The van der Waals surface area contributed by atoms with E-state index in [1.165, 1.54) is 11.8 Å². The lowest BCUT2D eigenvalue weighted by Gasteiger charge is -2.08. The van der Waals surface area contributed by atoms with Gasteiger partial charge >= 0.3 is 0 Å². The van der Waals surface area contributed by atoms with Gasteiger partial charge in [0.2, 0.25) is 0 Å². The number of thiophene rings is 1. The van der Waals surface area contributed by atoms with Gasteiger partial charge in [0, 0.05) is 18.1 Å². The molecular formula is C11H14N2OS. The van der Waals surface area contributed by atoms with Crippen LogP contribution in [0.1, 0.15) is 5.56 Å². The zero-order chi connectivity index (χ0) is 10.8. The Morgan fingerprint density at radius 3 is 2.93 bits per heavy atom. The van der Waals surface area contributed by atoms with Crippen LogP contribution in [0.25, 0.3) is 10.1 Å². The molecule has 2 rings (SSSR count). The second-order valence-electron chi connectivity index (χ2n) is 3.85. The van der Waals surface area contributed by atoms with Gasteiger partial charge in [0.25, 0.3) is 0 Å². The summed E-state index contributed by atoms with van der Waals surface area (Å²) in [6, 6.07) is 0. The molecule has 1 N–H and O–H groups in total. The minimum Gasteiger partial charge on any atom is -0.506 e. The Balaban J connectivity index is 2.35. The lowest BCUT2D eigenvalue weighted by Crippen LogP contribution is -2.14. The first-order valence-corrected chi connectivity index (χ1v) is 5.74. The first-order chi connectivity index (χ1) is 7.18. The van der Waals surface area contributed by atoms with Crippen molar-refractivity contribution in [1.82, 2.24) is 9.88 Å². The van der Waals surface area contributed by atoms with Gasteiger partial charge in [-0.3, -0.25) is 4.98 Å². The summed E-state index contributed by atoms with van der Waals surface area (Å²) >= 11 is 1.64. The summed E-state index contributed by atoms with van der Waals surface area (Å²) in [5, 5.41) is 12.8. The SMILES string of the molecule is CN(C)CCc1csc2cncc(O)c12. The smallest absolute Gasteiger partial charge is 0.142 e. The minimum absolute atomic E-state index is 0.294. The summed E-state index contributed by atoms with van der Waals surface area (Å²) in [4.78, 5) is 6.11. The van der Waals surface area contributed by atoms with Gasteiger partial charge in [-0.2, -0.15) is 0 Å². The average molecular weight is 222 g/mol. The van der Waals surface area contributed by atoms with Crippen LogP contribution in [-0.4, -0.2) is 35.6 Å². The van der Waals surface area contributed by atoms with Crippen molar-refractivity contribution in [3.63, 3.8) is 0 Å². The van der Waals surface area contributed by atoms with Crippen LogP contribution in [0.5, 0.6) is 5.75 Å². The van der Waals surface area contributed by atoms with E-state index in [2.05, 4.69) is 29.4 Å². The highest BCUT2D eigenvalue weighted by molar-refractivity contribution is 7.17. The van der Waals surface area contributed by atoms with Crippen LogP contribution >= 0.6 is 11.3 Å². The number of rotatable bonds is 3. The molecular weight excluding hydrogens is 208 g/mol. The molecule has 2 aromatic heterocycles. The molecule has 0 saturated carbocycles. The first-order valence-electron chi connectivity index (χ1n) is 4.86. The van der Waals surface area contributed by atoms with E-state index in [-0.39, 0.29) is 0 Å². The molecule has 0 unspecified atom stereocenters. The zero-order valence-electron chi connectivity index (χ0n) is 8.90. The molecule has 0 aliphatic rings. The van der Waals surface area contributed by atoms with Gasteiger partial charge in [0.1, 0.15) is 5.75 Å². The van der Waals surface area contributed by atoms with Crippen molar-refractivity contribution in [2.45, 2.75) is 6.42 Å². The molecule has 0 amide bonds. The number of fused-ring (bicyclic) bond motifs is 1. The van der Waals surface area contributed by atoms with Crippen molar-refractivity contribution in [2.75, 3.05) is 20.6 Å². The van der Waals surface area contributed by atoms with Crippen molar-refractivity contribution in [1.29, 1.82) is 0 Å². The topological polar surface area (TPSA) is 36.4 Å². The maximum Gasteiger partial charge on any atom is 0.142 e. The number of nitrogens with zero attached hydrogens (tertiary/aromatic N) is 2. The van der Waals surface area contributed by atoms with Crippen LogP contribution in [0, 0.1) is 0 Å². The molecule has 0 bridgehead atoms. The summed E-state index contributed by atoms with van der Waals surface area (Å²) in [6.45, 7) is 0.994. The van der Waals surface area contributed by atoms with E-state index in [1.54, 1.807) is 17.5 Å². The maximum absolute atomic E-state index is 9.74. The molecule has 0 fully saturated rings. The first kappa shape index (κ1) is 10.4. The van der Waals surface area contributed by atoms with E-state index in [1.807, 2.05) is 0 Å². The Morgan fingerprint density at radius 1 is 1.40 bits per heavy atom. The number of hydrogen-bond donors (Lipinski definition) is 1. The molecule has 0 atom stereocenters. The molecule has 15 heavy (non-hydrogen) atoms. The second kappa shape index (κ2) is 4.16. The Kier molecular flexibility index (Phi) is 2.88. The summed E-state index contributed by atoms with van der Waals surface area (Å²) in [6.07, 6.45) is 4.28. The fourth-order valence-corrected chi connectivity index (χ4v) is 2.54. The standard InChI is InChI=1S/C11H14N2OS/c1-13(2)4-3-8-7-15-10-6-12-5-9(14)11(8)10/h5-7,14H,3-4H2,1-2H3. The van der Waals surface area contributed by atoms with Gasteiger partial charge in [-0.25, -0.2) is 0 Å². The number of aromatic hydroxyl groups is 1. The number of likely N-dealkylation sites (N-methyl/N-ethyl adjacent to an activating group) is 1. The van der Waals surface area contributed by atoms with Crippen LogP contribution in [0.4, 0.5) is 0 Å². The molecule has 0 aliphatic carbocycles. The minimum atomic E-state index is 0.294. The quantitative estimate of drug-likeness (QED) is 0.864. The molecule has 80 valence electrons. The molecule has 4 heteroatoms. The number of pyridine rings is 1. The maximum atomic E-state index is 9.74. The third kappa shape index (κ3) is 2.11. The molecule has 0 aliphatic heterocycles. The molecule has 3 nitrogen and oxygen atoms in total. The Hall–Kier alpha value is -1.13. The van der Waals surface area contributed by atoms with E-state index in [0.29, 0.717) is 5.75 Å². The van der Waals surface area contributed by atoms with Gasteiger partial charge in [-0.05, 0) is 31.5 Å². The second-order valence-corrected chi connectivity index (χ2v) is 4.76. The lowest BCUT2D eigenvalue weighted by molar-refractivity contribution is 0.414. The van der Waals surface area contributed by atoms with Crippen LogP contribution in [0.2, 0.25) is 0 Å². The molecule has 0 radical (unpaired) electrons. The predicted molar refractivity (Wildman–Crippen MR) is 63.5 cm³/mol. The molecule has 2 heterocycles. The molecule has 0 aromatic carbocycles. The fourth-order valence-electron chi connectivity index (χ4n) is 1.56. The van der Waals surface area contributed by atoms with Gasteiger partial charge in [-0.1, -0.05) is 0 Å². The lowest BCUT2D eigenvalue weighted by atomic mass is 10.1. The van der Waals surface area contributed by atoms with Crippen molar-refractivity contribution < 1.29 is 5.11 Å². The van der Waals surface area contributed by atoms with Crippen molar-refractivity contribution in [2.24, 2.45) is 0 Å². The number of aromatic nitrogens is 1. The van der Waals surface area contributed by atoms with Crippen molar-refractivity contribution >= 4 is 21.4 Å². The van der Waals surface area contributed by atoms with E-state index >= 15 is 0 Å². The Bertz CT molecular complexity index is 465. The van der Waals surface area contributed by atoms with Crippen molar-refractivity contribution in [3.8, 4) is 5.75 Å². The Morgan fingerprint density at radius 2 is 2.20 bits per heavy atom. The van der Waals surface area contributed by atoms with E-state index in [4.69, 9.17) is 0 Å². The van der Waals surface area contributed by atoms with Gasteiger partial charge < -0.3 is 10.0 Å². The molecule has 0 spiro atoms. The van der Waals surface area contributed by atoms with Crippen LogP contribution in [0.15, 0.2) is 17.8 Å². The highest BCUT2D eigenvalue weighted by Crippen LogP contribution is 2.32. The Labute approximate surface area is 93.0 Å².